The zero-order chi connectivity index (χ0) is 14.2. The fraction of sp³-hybridized carbons (Fsp3) is 0.533. The summed E-state index contributed by atoms with van der Waals surface area (Å²) in [6, 6.07) is 5.82. The van der Waals surface area contributed by atoms with Crippen LogP contribution in [0.3, 0.4) is 0 Å². The maximum absolute atomic E-state index is 12.7. The van der Waals surface area contributed by atoms with Gasteiger partial charge in [0.15, 0.2) is 0 Å². The molecule has 1 unspecified atom stereocenters. The summed E-state index contributed by atoms with van der Waals surface area (Å²) in [4.78, 5) is 11.5. The van der Waals surface area contributed by atoms with E-state index in [1.165, 1.54) is 12.1 Å². The number of halogens is 1. The van der Waals surface area contributed by atoms with E-state index in [4.69, 9.17) is 14.2 Å². The first-order chi connectivity index (χ1) is 9.74. The predicted octanol–water partition coefficient (Wildman–Crippen LogP) is 2.71. The summed E-state index contributed by atoms with van der Waals surface area (Å²) in [7, 11) is 0. The zero-order valence-electron chi connectivity index (χ0n) is 11.3. The maximum atomic E-state index is 12.7. The van der Waals surface area contributed by atoms with Crippen LogP contribution in [0, 0.1) is 5.82 Å². The number of hydrogen-bond donors (Lipinski definition) is 0. The lowest BCUT2D eigenvalue weighted by Crippen LogP contribution is -2.16. The van der Waals surface area contributed by atoms with Crippen molar-refractivity contribution in [2.45, 2.75) is 31.8 Å². The van der Waals surface area contributed by atoms with E-state index in [1.54, 1.807) is 12.1 Å². The molecular formula is C15H19FO4. The largest absolute Gasteiger partial charge is 0.493 e. The van der Waals surface area contributed by atoms with E-state index in [1.807, 2.05) is 0 Å². The van der Waals surface area contributed by atoms with Crippen molar-refractivity contribution in [1.82, 2.24) is 0 Å². The van der Waals surface area contributed by atoms with Crippen LogP contribution in [0.1, 0.15) is 25.7 Å². The number of ether oxygens (including phenoxy) is 3. The van der Waals surface area contributed by atoms with Gasteiger partial charge in [-0.3, -0.25) is 4.79 Å². The average Bonchev–Trinajstić information content (AvgIpc) is 2.93. The molecule has 110 valence electrons. The quantitative estimate of drug-likeness (QED) is 0.570. The SMILES string of the molecule is O=C(CC1CCCO1)OCCCOc1ccc(F)cc1. The van der Waals surface area contributed by atoms with Gasteiger partial charge in [-0.05, 0) is 37.1 Å². The Morgan fingerprint density at radius 2 is 2.10 bits per heavy atom. The van der Waals surface area contributed by atoms with Crippen LogP contribution in [0.2, 0.25) is 0 Å². The summed E-state index contributed by atoms with van der Waals surface area (Å²) in [5, 5.41) is 0. The van der Waals surface area contributed by atoms with Crippen molar-refractivity contribution >= 4 is 5.97 Å². The summed E-state index contributed by atoms with van der Waals surface area (Å²) in [5.74, 6) is 0.0937. The Balaban J connectivity index is 1.52. The summed E-state index contributed by atoms with van der Waals surface area (Å²) in [6.45, 7) is 1.50. The molecule has 0 amide bonds. The van der Waals surface area contributed by atoms with Gasteiger partial charge in [-0.1, -0.05) is 0 Å². The highest BCUT2D eigenvalue weighted by Gasteiger charge is 2.19. The van der Waals surface area contributed by atoms with Gasteiger partial charge >= 0.3 is 5.97 Å². The van der Waals surface area contributed by atoms with E-state index in [0.717, 1.165) is 19.4 Å². The molecule has 1 heterocycles. The fourth-order valence-corrected chi connectivity index (χ4v) is 2.02. The van der Waals surface area contributed by atoms with E-state index in [9.17, 15) is 9.18 Å². The molecule has 1 aromatic rings. The second kappa shape index (κ2) is 7.85. The Labute approximate surface area is 117 Å². The molecule has 1 atom stereocenters. The molecule has 0 aromatic heterocycles. The van der Waals surface area contributed by atoms with Gasteiger partial charge in [0.25, 0.3) is 0 Å². The van der Waals surface area contributed by atoms with Crippen molar-refractivity contribution in [3.05, 3.63) is 30.1 Å². The minimum Gasteiger partial charge on any atom is -0.493 e. The van der Waals surface area contributed by atoms with E-state index in [-0.39, 0.29) is 17.9 Å². The highest BCUT2D eigenvalue weighted by atomic mass is 19.1. The fourth-order valence-electron chi connectivity index (χ4n) is 2.02. The first-order valence-electron chi connectivity index (χ1n) is 6.89. The maximum Gasteiger partial charge on any atom is 0.308 e. The average molecular weight is 282 g/mol. The lowest BCUT2D eigenvalue weighted by Gasteiger charge is -2.09. The summed E-state index contributed by atoms with van der Waals surface area (Å²) in [5.41, 5.74) is 0. The van der Waals surface area contributed by atoms with Crippen molar-refractivity contribution in [3.63, 3.8) is 0 Å². The van der Waals surface area contributed by atoms with Crippen LogP contribution in [-0.2, 0) is 14.3 Å². The van der Waals surface area contributed by atoms with Crippen molar-refractivity contribution in [2.24, 2.45) is 0 Å². The van der Waals surface area contributed by atoms with Crippen LogP contribution in [0.15, 0.2) is 24.3 Å². The Morgan fingerprint density at radius 3 is 2.80 bits per heavy atom. The predicted molar refractivity (Wildman–Crippen MR) is 71.1 cm³/mol. The van der Waals surface area contributed by atoms with Gasteiger partial charge in [0, 0.05) is 13.0 Å². The van der Waals surface area contributed by atoms with Gasteiger partial charge in [0.05, 0.1) is 25.7 Å². The van der Waals surface area contributed by atoms with Gasteiger partial charge in [-0.2, -0.15) is 0 Å². The number of carbonyl (C=O) groups is 1. The third kappa shape index (κ3) is 5.17. The Bertz CT molecular complexity index is 412. The summed E-state index contributed by atoms with van der Waals surface area (Å²) in [6.07, 6.45) is 2.91. The molecule has 0 saturated carbocycles. The van der Waals surface area contributed by atoms with Gasteiger partial charge in [-0.25, -0.2) is 4.39 Å². The van der Waals surface area contributed by atoms with Crippen molar-refractivity contribution < 1.29 is 23.4 Å². The van der Waals surface area contributed by atoms with Crippen LogP contribution < -0.4 is 4.74 Å². The van der Waals surface area contributed by atoms with Gasteiger partial charge in [0.2, 0.25) is 0 Å². The van der Waals surface area contributed by atoms with Crippen molar-refractivity contribution in [2.75, 3.05) is 19.8 Å². The van der Waals surface area contributed by atoms with Crippen LogP contribution in [0.25, 0.3) is 0 Å². The van der Waals surface area contributed by atoms with Crippen LogP contribution in [-0.4, -0.2) is 31.9 Å². The summed E-state index contributed by atoms with van der Waals surface area (Å²) >= 11 is 0. The van der Waals surface area contributed by atoms with Crippen LogP contribution in [0.5, 0.6) is 5.75 Å². The topological polar surface area (TPSA) is 44.8 Å². The van der Waals surface area contributed by atoms with Crippen LogP contribution in [0.4, 0.5) is 4.39 Å². The lowest BCUT2D eigenvalue weighted by molar-refractivity contribution is -0.146. The molecule has 0 N–H and O–H groups in total. The monoisotopic (exact) mass is 282 g/mol. The van der Waals surface area contributed by atoms with Gasteiger partial charge < -0.3 is 14.2 Å². The molecule has 1 aliphatic heterocycles. The standard InChI is InChI=1S/C15H19FO4/c16-12-4-6-13(7-5-12)18-9-2-10-20-15(17)11-14-3-1-8-19-14/h4-7,14H,1-3,8-11H2. The number of carbonyl (C=O) groups excluding carboxylic acids is 1. The number of benzene rings is 1. The highest BCUT2D eigenvalue weighted by molar-refractivity contribution is 5.69. The summed E-state index contributed by atoms with van der Waals surface area (Å²) < 4.78 is 28.5. The normalized spacial score (nSPS) is 17.9. The van der Waals surface area contributed by atoms with Crippen molar-refractivity contribution in [3.8, 4) is 5.75 Å². The highest BCUT2D eigenvalue weighted by Crippen LogP contribution is 2.15. The zero-order valence-corrected chi connectivity index (χ0v) is 11.3. The molecule has 0 spiro atoms. The molecule has 0 bridgehead atoms. The first kappa shape index (κ1) is 14.8. The third-order valence-electron chi connectivity index (χ3n) is 3.05. The van der Waals surface area contributed by atoms with E-state index in [2.05, 4.69) is 0 Å². The Hall–Kier alpha value is -1.62. The first-order valence-corrected chi connectivity index (χ1v) is 6.89. The van der Waals surface area contributed by atoms with Gasteiger partial charge in [0.1, 0.15) is 11.6 Å². The molecule has 20 heavy (non-hydrogen) atoms. The minimum atomic E-state index is -0.291. The van der Waals surface area contributed by atoms with E-state index >= 15 is 0 Å². The number of esters is 1. The van der Waals surface area contributed by atoms with Crippen LogP contribution >= 0.6 is 0 Å². The molecule has 1 aromatic carbocycles. The molecule has 2 rings (SSSR count). The lowest BCUT2D eigenvalue weighted by atomic mass is 10.2. The third-order valence-corrected chi connectivity index (χ3v) is 3.05. The van der Waals surface area contributed by atoms with Crippen molar-refractivity contribution in [1.29, 1.82) is 0 Å². The molecule has 4 nitrogen and oxygen atoms in total. The van der Waals surface area contributed by atoms with E-state index in [0.29, 0.717) is 31.8 Å². The smallest absolute Gasteiger partial charge is 0.308 e. The molecule has 0 radical (unpaired) electrons. The molecule has 1 aliphatic rings. The second-order valence-corrected chi connectivity index (χ2v) is 4.72. The molecule has 0 aliphatic carbocycles. The van der Waals surface area contributed by atoms with E-state index < -0.39 is 0 Å². The Kier molecular flexibility index (Phi) is 5.80. The molecule has 1 fully saturated rings. The molecule has 1 saturated heterocycles. The van der Waals surface area contributed by atoms with Gasteiger partial charge in [-0.15, -0.1) is 0 Å². The number of hydrogen-bond acceptors (Lipinski definition) is 4. The minimum absolute atomic E-state index is 0.0259. The number of rotatable bonds is 7. The Morgan fingerprint density at radius 1 is 1.30 bits per heavy atom. The molecular weight excluding hydrogens is 263 g/mol. The second-order valence-electron chi connectivity index (χ2n) is 4.72. The molecule has 5 heteroatoms.